The maximum atomic E-state index is 2.89. The summed E-state index contributed by atoms with van der Waals surface area (Å²) in [5.41, 5.74) is 0. The van der Waals surface area contributed by atoms with Crippen LogP contribution in [0.2, 0.25) is 38.3 Å². The van der Waals surface area contributed by atoms with Gasteiger partial charge in [0.1, 0.15) is 16.5 Å². The second-order valence-electron chi connectivity index (χ2n) is 5.08. The quantitative estimate of drug-likeness (QED) is 0.634. The first-order valence-corrected chi connectivity index (χ1v) is 11.9. The Kier molecular flexibility index (Phi) is 4.90. The van der Waals surface area contributed by atoms with E-state index >= 15 is 0 Å². The molecule has 0 rings (SSSR count). The van der Waals surface area contributed by atoms with Gasteiger partial charge in [0.05, 0.1) is 0 Å². The fourth-order valence-corrected chi connectivity index (χ4v) is 12.0. The van der Waals surface area contributed by atoms with Crippen LogP contribution in [-0.2, 0) is 0 Å². The van der Waals surface area contributed by atoms with Crippen molar-refractivity contribution in [1.82, 2.24) is 4.23 Å². The van der Waals surface area contributed by atoms with E-state index in [4.69, 9.17) is 0 Å². The Balaban J connectivity index is 4.69. The standard InChI is InChI=1S/C10H27NSi2/c1-8-11(12(4,5)9-2)13(6,7)10-3/h8-10H2,1-7H3. The van der Waals surface area contributed by atoms with Crippen LogP contribution in [0.3, 0.4) is 0 Å². The lowest BCUT2D eigenvalue weighted by atomic mass is 10.8. The normalized spacial score (nSPS) is 13.8. The van der Waals surface area contributed by atoms with Crippen LogP contribution in [0.15, 0.2) is 0 Å². The Bertz CT molecular complexity index is 139. The van der Waals surface area contributed by atoms with Crippen LogP contribution in [0.1, 0.15) is 20.8 Å². The average molecular weight is 218 g/mol. The van der Waals surface area contributed by atoms with E-state index < -0.39 is 16.5 Å². The van der Waals surface area contributed by atoms with Crippen LogP contribution in [-0.4, -0.2) is 27.2 Å². The Morgan fingerprint density at radius 3 is 1.23 bits per heavy atom. The second kappa shape index (κ2) is 4.76. The van der Waals surface area contributed by atoms with E-state index in [0.717, 1.165) is 0 Å². The molecule has 0 atom stereocenters. The highest BCUT2D eigenvalue weighted by molar-refractivity contribution is 6.90. The number of nitrogens with zero attached hydrogens (tertiary/aromatic N) is 1. The zero-order valence-corrected chi connectivity index (χ0v) is 12.6. The van der Waals surface area contributed by atoms with E-state index in [0.29, 0.717) is 0 Å². The molecule has 0 amide bonds. The zero-order valence-electron chi connectivity index (χ0n) is 10.6. The average Bonchev–Trinajstić information content (AvgIpc) is 2.05. The summed E-state index contributed by atoms with van der Waals surface area (Å²) in [6.45, 7) is 18.4. The predicted octanol–water partition coefficient (Wildman–Crippen LogP) is 3.76. The molecule has 0 aromatic rings. The highest BCUT2D eigenvalue weighted by atomic mass is 28.4. The molecule has 0 bridgehead atoms. The monoisotopic (exact) mass is 217 g/mol. The van der Waals surface area contributed by atoms with Gasteiger partial charge in [-0.05, 0) is 18.6 Å². The molecule has 0 aliphatic carbocycles. The van der Waals surface area contributed by atoms with Gasteiger partial charge in [-0.1, -0.05) is 47.0 Å². The van der Waals surface area contributed by atoms with E-state index in [-0.39, 0.29) is 0 Å². The van der Waals surface area contributed by atoms with Gasteiger partial charge in [-0.25, -0.2) is 0 Å². The molecule has 3 heteroatoms. The van der Waals surface area contributed by atoms with Crippen molar-refractivity contribution in [3.05, 3.63) is 0 Å². The molecule has 0 unspecified atom stereocenters. The molecule has 0 aliphatic rings. The predicted molar refractivity (Wildman–Crippen MR) is 68.3 cm³/mol. The molecule has 0 N–H and O–H groups in total. The van der Waals surface area contributed by atoms with Gasteiger partial charge in [0, 0.05) is 0 Å². The molecule has 0 saturated carbocycles. The maximum Gasteiger partial charge on any atom is 0.115 e. The van der Waals surface area contributed by atoms with E-state index in [1.807, 2.05) is 0 Å². The van der Waals surface area contributed by atoms with Crippen LogP contribution >= 0.6 is 0 Å². The SMILES string of the molecule is CCN([Si](C)(C)CC)[Si](C)(C)CC. The molecular formula is C10H27NSi2. The van der Waals surface area contributed by atoms with Gasteiger partial charge in [0.25, 0.3) is 0 Å². The Hall–Kier alpha value is 0.394. The van der Waals surface area contributed by atoms with Gasteiger partial charge in [-0.3, -0.25) is 0 Å². The third-order valence-electron chi connectivity index (χ3n) is 3.51. The molecule has 0 saturated heterocycles. The number of rotatable bonds is 5. The smallest absolute Gasteiger partial charge is 0.115 e. The van der Waals surface area contributed by atoms with Gasteiger partial charge in [0.15, 0.2) is 0 Å². The van der Waals surface area contributed by atoms with Crippen molar-refractivity contribution in [2.75, 3.05) is 6.54 Å². The van der Waals surface area contributed by atoms with Crippen molar-refractivity contribution < 1.29 is 0 Å². The molecule has 0 aromatic carbocycles. The molecule has 13 heavy (non-hydrogen) atoms. The van der Waals surface area contributed by atoms with E-state index in [2.05, 4.69) is 51.2 Å². The van der Waals surface area contributed by atoms with E-state index in [9.17, 15) is 0 Å². The zero-order chi connectivity index (χ0) is 10.7. The Morgan fingerprint density at radius 1 is 0.769 bits per heavy atom. The molecule has 0 heterocycles. The molecular weight excluding hydrogens is 190 g/mol. The van der Waals surface area contributed by atoms with Crippen molar-refractivity contribution >= 4 is 16.5 Å². The van der Waals surface area contributed by atoms with Gasteiger partial charge in [0.2, 0.25) is 0 Å². The highest BCUT2D eigenvalue weighted by Crippen LogP contribution is 2.24. The summed E-state index contributed by atoms with van der Waals surface area (Å²) < 4.78 is 2.89. The summed E-state index contributed by atoms with van der Waals surface area (Å²) in [7, 11) is -2.14. The van der Waals surface area contributed by atoms with Gasteiger partial charge in [-0.15, -0.1) is 0 Å². The molecule has 1 nitrogen and oxygen atoms in total. The first-order chi connectivity index (χ1) is 5.81. The molecule has 0 radical (unpaired) electrons. The summed E-state index contributed by atoms with van der Waals surface area (Å²) in [6, 6.07) is 2.77. The third kappa shape index (κ3) is 3.22. The van der Waals surface area contributed by atoms with Crippen molar-refractivity contribution in [3.8, 4) is 0 Å². The lowest BCUT2D eigenvalue weighted by molar-refractivity contribution is 0.636. The fourth-order valence-electron chi connectivity index (χ4n) is 2.06. The Labute approximate surface area is 86.7 Å². The largest absolute Gasteiger partial charge is 0.346 e. The minimum Gasteiger partial charge on any atom is -0.346 e. The lowest BCUT2D eigenvalue weighted by Crippen LogP contribution is -2.61. The maximum absolute atomic E-state index is 2.89. The molecule has 0 aromatic heterocycles. The molecule has 0 aliphatic heterocycles. The minimum absolute atomic E-state index is 1.07. The number of hydrogen-bond donors (Lipinski definition) is 0. The second-order valence-corrected chi connectivity index (χ2v) is 15.3. The van der Waals surface area contributed by atoms with E-state index in [1.54, 1.807) is 0 Å². The van der Waals surface area contributed by atoms with Crippen molar-refractivity contribution in [2.24, 2.45) is 0 Å². The summed E-state index contributed by atoms with van der Waals surface area (Å²) >= 11 is 0. The van der Waals surface area contributed by atoms with Crippen molar-refractivity contribution in [1.29, 1.82) is 0 Å². The van der Waals surface area contributed by atoms with E-state index in [1.165, 1.54) is 18.6 Å². The fraction of sp³-hybridized carbons (Fsp3) is 1.00. The Morgan fingerprint density at radius 2 is 1.08 bits per heavy atom. The molecule has 80 valence electrons. The summed E-state index contributed by atoms with van der Waals surface area (Å²) in [5.74, 6) is 0. The topological polar surface area (TPSA) is 3.24 Å². The van der Waals surface area contributed by atoms with Crippen molar-refractivity contribution in [2.45, 2.75) is 59.0 Å². The van der Waals surface area contributed by atoms with Crippen molar-refractivity contribution in [3.63, 3.8) is 0 Å². The van der Waals surface area contributed by atoms with Crippen LogP contribution in [0.5, 0.6) is 0 Å². The highest BCUT2D eigenvalue weighted by Gasteiger charge is 2.36. The van der Waals surface area contributed by atoms with Crippen LogP contribution < -0.4 is 0 Å². The third-order valence-corrected chi connectivity index (χ3v) is 14.2. The first-order valence-electron chi connectivity index (χ1n) is 5.59. The van der Waals surface area contributed by atoms with Crippen LogP contribution in [0.25, 0.3) is 0 Å². The van der Waals surface area contributed by atoms with Gasteiger partial charge in [-0.2, -0.15) is 0 Å². The first kappa shape index (κ1) is 13.4. The van der Waals surface area contributed by atoms with Gasteiger partial charge < -0.3 is 4.23 Å². The summed E-state index contributed by atoms with van der Waals surface area (Å²) in [4.78, 5) is 0. The molecule has 0 spiro atoms. The van der Waals surface area contributed by atoms with Gasteiger partial charge >= 0.3 is 0 Å². The number of hydrogen-bond acceptors (Lipinski definition) is 1. The lowest BCUT2D eigenvalue weighted by Gasteiger charge is -2.46. The molecule has 0 fully saturated rings. The summed E-state index contributed by atoms with van der Waals surface area (Å²) in [6.07, 6.45) is 0. The minimum atomic E-state index is -1.07. The van der Waals surface area contributed by atoms with Crippen LogP contribution in [0.4, 0.5) is 0 Å². The van der Waals surface area contributed by atoms with Crippen LogP contribution in [0, 0.1) is 0 Å². The summed E-state index contributed by atoms with van der Waals surface area (Å²) in [5, 5.41) is 0.